The van der Waals surface area contributed by atoms with Crippen molar-refractivity contribution in [1.82, 2.24) is 0 Å². The molecule has 0 rings (SSSR count). The smallest absolute Gasteiger partial charge is 0.769 e. The summed E-state index contributed by atoms with van der Waals surface area (Å²) in [6.45, 7) is 0. The Morgan fingerprint density at radius 3 is 0.833 bits per heavy atom. The molecule has 3 nitrogen and oxygen atoms in total. The fraction of sp³-hybridized carbons (Fsp3) is 0. The van der Waals surface area contributed by atoms with Gasteiger partial charge in [0, 0.05) is 0 Å². The van der Waals surface area contributed by atoms with E-state index < -0.39 is 0 Å². The molecule has 0 aromatic heterocycles. The molecule has 36 valence electrons. The van der Waals surface area contributed by atoms with Crippen molar-refractivity contribution < 1.29 is 14.8 Å². The van der Waals surface area contributed by atoms with E-state index in [1.165, 1.54) is 0 Å². The molecule has 0 aliphatic heterocycles. The molecule has 0 aromatic rings. The summed E-state index contributed by atoms with van der Waals surface area (Å²) in [5, 5.41) is 0. The average Bonchev–Trinajstić information content (AvgIpc) is 1.50. The Morgan fingerprint density at radius 1 is 0.833 bits per heavy atom. The second-order valence-corrected chi connectivity index (χ2v) is 0. The number of hydrogen-bond donors (Lipinski definition) is 0. The average molecular weight is 145 g/mol. The molecule has 0 unspecified atom stereocenters. The van der Waals surface area contributed by atoms with E-state index in [1.807, 2.05) is 0 Å². The van der Waals surface area contributed by atoms with Crippen LogP contribution in [0.5, 0.6) is 0 Å². The summed E-state index contributed by atoms with van der Waals surface area (Å²) in [7, 11) is 0. The van der Waals surface area contributed by atoms with Gasteiger partial charge in [-0.2, -0.15) is 0 Å². The van der Waals surface area contributed by atoms with Crippen LogP contribution < -0.4 is 9.32 Å². The molecule has 0 aliphatic rings. The summed E-state index contributed by atoms with van der Waals surface area (Å²) in [5.74, 6) is 0. The number of halogens is 2. The van der Waals surface area contributed by atoms with Crippen molar-refractivity contribution in [2.75, 3.05) is 0 Å². The zero-order valence-corrected chi connectivity index (χ0v) is 5.71. The van der Waals surface area contributed by atoms with Gasteiger partial charge in [-0.15, -0.1) is 0 Å². The molecule has 0 saturated carbocycles. The predicted octanol–water partition coefficient (Wildman–Crippen LogP) is -2.20. The van der Waals surface area contributed by atoms with E-state index >= 15 is 0 Å². The first-order chi connectivity index (χ1) is 2.00. The maximum Gasteiger partial charge on any atom is 2.00 e. The predicted molar refractivity (Wildman–Crippen MR) is 21.1 cm³/mol. The van der Waals surface area contributed by atoms with Crippen LogP contribution >= 0.6 is 23.7 Å². The molecule has 0 fully saturated rings. The first kappa shape index (κ1) is 26.9. The van der Waals surface area contributed by atoms with Crippen LogP contribution in [0.1, 0.15) is 0 Å². The van der Waals surface area contributed by atoms with Crippen LogP contribution in [0.2, 0.25) is 0 Å². The quantitative estimate of drug-likeness (QED) is 0.362. The van der Waals surface area contributed by atoms with Crippen molar-refractivity contribution in [3.05, 3.63) is 0 Å². The third-order valence-electron chi connectivity index (χ3n) is 0. The van der Waals surface area contributed by atoms with Crippen LogP contribution in [0.15, 0.2) is 0 Å². The Labute approximate surface area is 61.7 Å². The summed E-state index contributed by atoms with van der Waals surface area (Å²) in [6, 6.07) is 0. The maximum absolute atomic E-state index is 7.72. The van der Waals surface area contributed by atoms with Crippen LogP contribution in [0.3, 0.4) is 0 Å². The van der Waals surface area contributed by atoms with Gasteiger partial charge < -0.3 is 14.8 Å². The molecule has 0 bridgehead atoms. The van der Waals surface area contributed by atoms with Crippen LogP contribution in [0.25, 0.3) is 0 Å². The zero-order chi connectivity index (χ0) is 4.00. The number of hydrogen-bond acceptors (Lipinski definition) is 2. The van der Waals surface area contributed by atoms with Crippen molar-refractivity contribution in [1.29, 1.82) is 0 Å². The molecular formula is H2Cl2MgO3. The Kier molecular flexibility index (Phi) is 507. The van der Waals surface area contributed by atoms with Crippen molar-refractivity contribution in [2.45, 2.75) is 0 Å². The van der Waals surface area contributed by atoms with Gasteiger partial charge in [0.15, 0.2) is 0 Å². The third kappa shape index (κ3) is 62.1. The number of rotatable bonds is 0. The van der Waals surface area contributed by atoms with Crippen molar-refractivity contribution in [3.63, 3.8) is 0 Å². The second kappa shape index (κ2) is 113. The van der Waals surface area contributed by atoms with Crippen molar-refractivity contribution >= 4 is 46.8 Å². The minimum atomic E-state index is 0. The summed E-state index contributed by atoms with van der Waals surface area (Å²) in [5.41, 5.74) is 0. The van der Waals surface area contributed by atoms with Gasteiger partial charge in [0.1, 0.15) is 0 Å². The van der Waals surface area contributed by atoms with Crippen molar-refractivity contribution in [2.24, 2.45) is 0 Å². The molecule has 6 heteroatoms. The summed E-state index contributed by atoms with van der Waals surface area (Å²) >= 11 is 6.78. The summed E-state index contributed by atoms with van der Waals surface area (Å²) in [4.78, 5) is 0. The van der Waals surface area contributed by atoms with E-state index in [0.717, 1.165) is 0 Å². The Morgan fingerprint density at radius 2 is 0.833 bits per heavy atom. The van der Waals surface area contributed by atoms with Gasteiger partial charge in [0.25, 0.3) is 0 Å². The molecule has 0 amide bonds. The van der Waals surface area contributed by atoms with E-state index in [0.29, 0.717) is 0 Å². The normalized spacial score (nSPS) is 2.00. The molecule has 0 atom stereocenters. The molecule has 0 aromatic carbocycles. The van der Waals surface area contributed by atoms with E-state index in [-0.39, 0.29) is 28.5 Å². The Bertz CT molecular complexity index is 8.75. The standard InChI is InChI=1S/2ClO.Mg.H2O/c2*1-2;;/h;;;1H2/q2*-1;+2;. The molecule has 0 spiro atoms. The van der Waals surface area contributed by atoms with Gasteiger partial charge in [-0.25, -0.2) is 23.7 Å². The second-order valence-electron chi connectivity index (χ2n) is 0. The minimum absolute atomic E-state index is 0. The fourth-order valence-electron chi connectivity index (χ4n) is 0. The maximum atomic E-state index is 7.72. The largest absolute Gasteiger partial charge is 2.00 e. The molecule has 0 heterocycles. The molecular weight excluding hydrogens is 143 g/mol. The SMILES string of the molecule is O.[Mg+2].[O-]Cl.[O-]Cl. The van der Waals surface area contributed by atoms with Gasteiger partial charge in [-0.1, -0.05) is 0 Å². The van der Waals surface area contributed by atoms with Gasteiger partial charge in [-0.3, -0.25) is 0 Å². The fourth-order valence-corrected chi connectivity index (χ4v) is 0. The van der Waals surface area contributed by atoms with Crippen LogP contribution in [-0.4, -0.2) is 28.5 Å². The summed E-state index contributed by atoms with van der Waals surface area (Å²) in [6.07, 6.45) is 0. The van der Waals surface area contributed by atoms with Gasteiger partial charge in [-0.05, 0) is 0 Å². The molecule has 0 saturated heterocycles. The first-order valence-corrected chi connectivity index (χ1v) is 0.926. The monoisotopic (exact) mass is 144 g/mol. The van der Waals surface area contributed by atoms with E-state index in [9.17, 15) is 0 Å². The molecule has 2 N–H and O–H groups in total. The van der Waals surface area contributed by atoms with Crippen LogP contribution in [-0.2, 0) is 0 Å². The van der Waals surface area contributed by atoms with Crippen LogP contribution in [0.4, 0.5) is 0 Å². The van der Waals surface area contributed by atoms with E-state index in [2.05, 4.69) is 23.7 Å². The van der Waals surface area contributed by atoms with Gasteiger partial charge in [0.05, 0.1) is 0 Å². The van der Waals surface area contributed by atoms with Gasteiger partial charge >= 0.3 is 23.1 Å². The van der Waals surface area contributed by atoms with E-state index in [1.54, 1.807) is 0 Å². The third-order valence-corrected chi connectivity index (χ3v) is 0. The first-order valence-electron chi connectivity index (χ1n) is 0.309. The van der Waals surface area contributed by atoms with Crippen molar-refractivity contribution in [3.8, 4) is 0 Å². The van der Waals surface area contributed by atoms with Gasteiger partial charge in [0.2, 0.25) is 0 Å². The molecule has 0 radical (unpaired) electrons. The Balaban J connectivity index is -0.00000000500. The van der Waals surface area contributed by atoms with Crippen LogP contribution in [0, 0.1) is 0 Å². The van der Waals surface area contributed by atoms with E-state index in [4.69, 9.17) is 9.32 Å². The zero-order valence-electron chi connectivity index (χ0n) is 2.78. The Hall–Kier alpha value is 1.23. The molecule has 0 aliphatic carbocycles. The summed E-state index contributed by atoms with van der Waals surface area (Å²) < 4.78 is 15.4. The minimum Gasteiger partial charge on any atom is -0.769 e. The molecule has 6 heavy (non-hydrogen) atoms. The topological polar surface area (TPSA) is 77.6 Å².